The predicted molar refractivity (Wildman–Crippen MR) is 220 cm³/mol. The second-order valence-corrected chi connectivity index (χ2v) is 20.0. The van der Waals surface area contributed by atoms with Crippen molar-refractivity contribution in [1.29, 1.82) is 0 Å². The standard InChI is InChI=1S/C34H65O22P5/c1-12-42-57(35,43-13-2)52-30-29(41-26-27-22-24-28(40-11)25-23-27)31(53-58(36,44-14-3)45-15-4)33(55-60(38,48-18-7)49-19-8)34(56-61(39,50-20-9)51-21-10)32(30)54-59(37,46-16-5)47-17-6/h22-25,29-34H,12-21,26H2,1-11H3/t29?,30-,31-,32-,33+,34?/m0/s1. The molecule has 1 fully saturated rings. The summed E-state index contributed by atoms with van der Waals surface area (Å²) in [5.74, 6) is 0.521. The molecule has 0 aromatic heterocycles. The second-order valence-electron chi connectivity index (χ2n) is 11.9. The lowest BCUT2D eigenvalue weighted by molar-refractivity contribution is -0.225. The highest BCUT2D eigenvalue weighted by Crippen LogP contribution is 2.63. The molecule has 0 spiro atoms. The first-order valence-corrected chi connectivity index (χ1v) is 27.4. The van der Waals surface area contributed by atoms with Crippen molar-refractivity contribution < 1.29 is 100 Å². The molecular weight excluding hydrogens is 915 g/mol. The molecule has 61 heavy (non-hydrogen) atoms. The summed E-state index contributed by atoms with van der Waals surface area (Å²) in [4.78, 5) is 0. The van der Waals surface area contributed by atoms with E-state index >= 15 is 0 Å². The average Bonchev–Trinajstić information content (AvgIpc) is 3.18. The zero-order valence-electron chi connectivity index (χ0n) is 36.8. The summed E-state index contributed by atoms with van der Waals surface area (Å²) < 4.78 is 170. The van der Waals surface area contributed by atoms with E-state index in [2.05, 4.69) is 0 Å². The van der Waals surface area contributed by atoms with E-state index in [9.17, 15) is 22.8 Å². The lowest BCUT2D eigenvalue weighted by Gasteiger charge is -2.50. The Morgan fingerprint density at radius 1 is 0.361 bits per heavy atom. The van der Waals surface area contributed by atoms with Gasteiger partial charge >= 0.3 is 39.1 Å². The van der Waals surface area contributed by atoms with Gasteiger partial charge in [-0.2, -0.15) is 0 Å². The molecule has 1 saturated carbocycles. The Morgan fingerprint density at radius 3 is 0.770 bits per heavy atom. The fourth-order valence-electron chi connectivity index (χ4n) is 5.64. The minimum atomic E-state index is -4.78. The van der Waals surface area contributed by atoms with E-state index in [1.807, 2.05) is 0 Å². The first-order valence-electron chi connectivity index (χ1n) is 20.1. The summed E-state index contributed by atoms with van der Waals surface area (Å²) in [6, 6.07) is 6.63. The first-order chi connectivity index (χ1) is 29.0. The Labute approximate surface area is 359 Å². The monoisotopic (exact) mass is 980 g/mol. The normalized spacial score (nSPS) is 21.8. The molecule has 0 radical (unpaired) electrons. The molecule has 0 saturated heterocycles. The molecule has 1 aliphatic carbocycles. The summed E-state index contributed by atoms with van der Waals surface area (Å²) in [5, 5.41) is 0. The van der Waals surface area contributed by atoms with Crippen LogP contribution in [0.25, 0.3) is 0 Å². The van der Waals surface area contributed by atoms with Gasteiger partial charge in [0.05, 0.1) is 79.8 Å². The fourth-order valence-corrected chi connectivity index (χ4v) is 12.5. The third kappa shape index (κ3) is 17.7. The molecule has 6 atom stereocenters. The minimum absolute atomic E-state index is 0.214. The Hall–Kier alpha value is -0.470. The van der Waals surface area contributed by atoms with Crippen LogP contribution in [0.5, 0.6) is 5.75 Å². The van der Waals surface area contributed by atoms with Crippen LogP contribution in [0.3, 0.4) is 0 Å². The van der Waals surface area contributed by atoms with Crippen LogP contribution in [-0.4, -0.2) is 110 Å². The van der Waals surface area contributed by atoms with Gasteiger partial charge < -0.3 is 9.47 Å². The molecule has 0 amide bonds. The van der Waals surface area contributed by atoms with Gasteiger partial charge in [0, 0.05) is 0 Å². The number of phosphoric ester groups is 5. The van der Waals surface area contributed by atoms with Crippen molar-refractivity contribution in [2.45, 2.75) is 112 Å². The maximum absolute atomic E-state index is 14.5. The van der Waals surface area contributed by atoms with E-state index in [4.69, 9.17) is 77.3 Å². The maximum Gasteiger partial charge on any atom is 0.475 e. The molecule has 0 heterocycles. The maximum atomic E-state index is 14.5. The SMILES string of the molecule is CCOP(=O)(OCC)OC1[C@@H](OP(=O)(OCC)OCC)[C@@H](OP(=O)(OCC)OCC)C(OCc2ccc(OC)cc2)[C@H](OP(=O)(OCC)OCC)[C@H]1OP(=O)(OCC)OCC. The third-order valence-electron chi connectivity index (χ3n) is 7.67. The number of hydrogen-bond acceptors (Lipinski definition) is 22. The molecule has 2 rings (SSSR count). The van der Waals surface area contributed by atoms with Crippen molar-refractivity contribution in [3.63, 3.8) is 0 Å². The number of phosphoric acid groups is 5. The molecule has 0 aliphatic heterocycles. The van der Waals surface area contributed by atoms with Gasteiger partial charge in [-0.05, 0) is 86.9 Å². The van der Waals surface area contributed by atoms with Crippen LogP contribution in [-0.2, 0) is 102 Å². The van der Waals surface area contributed by atoms with Crippen LogP contribution < -0.4 is 4.74 Å². The number of methoxy groups -OCH3 is 1. The Balaban J connectivity index is 3.28. The van der Waals surface area contributed by atoms with E-state index in [0.717, 1.165) is 0 Å². The highest BCUT2D eigenvalue weighted by Gasteiger charge is 2.63. The Morgan fingerprint density at radius 2 is 0.574 bits per heavy atom. The van der Waals surface area contributed by atoms with Crippen LogP contribution in [0, 0.1) is 0 Å². The molecule has 1 aliphatic rings. The van der Waals surface area contributed by atoms with E-state index in [1.54, 1.807) is 24.3 Å². The zero-order chi connectivity index (χ0) is 45.7. The van der Waals surface area contributed by atoms with E-state index < -0.39 is 75.7 Å². The Bertz CT molecular complexity index is 1510. The number of ether oxygens (including phenoxy) is 2. The first kappa shape index (κ1) is 56.7. The molecule has 1 aromatic rings. The van der Waals surface area contributed by atoms with Gasteiger partial charge in [-0.25, -0.2) is 22.8 Å². The fraction of sp³-hybridized carbons (Fsp3) is 0.824. The molecule has 358 valence electrons. The van der Waals surface area contributed by atoms with Gasteiger partial charge in [-0.3, -0.25) is 67.9 Å². The van der Waals surface area contributed by atoms with Crippen molar-refractivity contribution in [1.82, 2.24) is 0 Å². The van der Waals surface area contributed by atoms with E-state index in [1.165, 1.54) is 76.3 Å². The van der Waals surface area contributed by atoms with E-state index in [-0.39, 0.29) is 72.7 Å². The molecule has 0 N–H and O–H groups in total. The van der Waals surface area contributed by atoms with Crippen LogP contribution >= 0.6 is 39.1 Å². The molecule has 27 heteroatoms. The largest absolute Gasteiger partial charge is 0.497 e. The van der Waals surface area contributed by atoms with Crippen molar-refractivity contribution in [3.8, 4) is 5.75 Å². The van der Waals surface area contributed by atoms with Gasteiger partial charge in [-0.15, -0.1) is 0 Å². The second kappa shape index (κ2) is 27.9. The van der Waals surface area contributed by atoms with Gasteiger partial charge in [0.15, 0.2) is 0 Å². The van der Waals surface area contributed by atoms with Gasteiger partial charge in [0.25, 0.3) is 0 Å². The van der Waals surface area contributed by atoms with Gasteiger partial charge in [0.2, 0.25) is 0 Å². The molecule has 22 nitrogen and oxygen atoms in total. The third-order valence-corrected chi connectivity index (χ3v) is 15.9. The van der Waals surface area contributed by atoms with Crippen LogP contribution in [0.4, 0.5) is 0 Å². The zero-order valence-corrected chi connectivity index (χ0v) is 41.2. The van der Waals surface area contributed by atoms with Crippen molar-refractivity contribution in [3.05, 3.63) is 29.8 Å². The lowest BCUT2D eigenvalue weighted by atomic mass is 9.85. The van der Waals surface area contributed by atoms with Gasteiger partial charge in [0.1, 0.15) is 42.4 Å². The van der Waals surface area contributed by atoms with Crippen molar-refractivity contribution in [2.24, 2.45) is 0 Å². The highest BCUT2D eigenvalue weighted by atomic mass is 31.2. The van der Waals surface area contributed by atoms with Crippen molar-refractivity contribution in [2.75, 3.05) is 73.2 Å². The number of rotatable bonds is 34. The molecule has 2 unspecified atom stereocenters. The summed E-state index contributed by atoms with van der Waals surface area (Å²) in [6.45, 7) is 12.5. The van der Waals surface area contributed by atoms with Crippen LogP contribution in [0.1, 0.15) is 74.8 Å². The quantitative estimate of drug-likeness (QED) is 0.0584. The average molecular weight is 981 g/mol. The lowest BCUT2D eigenvalue weighted by Crippen LogP contribution is -2.66. The summed E-state index contributed by atoms with van der Waals surface area (Å²) in [7, 11) is -22.2. The van der Waals surface area contributed by atoms with Crippen LogP contribution in [0.15, 0.2) is 24.3 Å². The molecule has 0 bridgehead atoms. The highest BCUT2D eigenvalue weighted by molar-refractivity contribution is 7.49. The van der Waals surface area contributed by atoms with E-state index in [0.29, 0.717) is 11.3 Å². The molecule has 1 aromatic carbocycles. The van der Waals surface area contributed by atoms with Gasteiger partial charge in [-0.1, -0.05) is 12.1 Å². The summed E-state index contributed by atoms with van der Waals surface area (Å²) in [6.07, 6.45) is -12.0. The summed E-state index contributed by atoms with van der Waals surface area (Å²) in [5.41, 5.74) is 0.517. The smallest absolute Gasteiger partial charge is 0.475 e. The summed E-state index contributed by atoms with van der Waals surface area (Å²) >= 11 is 0. The van der Waals surface area contributed by atoms with Crippen molar-refractivity contribution >= 4 is 39.1 Å². The predicted octanol–water partition coefficient (Wildman–Crippen LogP) is 9.43. The topological polar surface area (TPSA) is 242 Å². The Kier molecular flexibility index (Phi) is 25.9. The number of hydrogen-bond donors (Lipinski definition) is 0. The minimum Gasteiger partial charge on any atom is -0.497 e. The van der Waals surface area contributed by atoms with Crippen LogP contribution in [0.2, 0.25) is 0 Å². The number of benzene rings is 1. The molecular formula is C34H65O22P5.